The first-order valence-corrected chi connectivity index (χ1v) is 27.9. The summed E-state index contributed by atoms with van der Waals surface area (Å²) in [6, 6.07) is 8.32. The number of hydrogen-bond acceptors (Lipinski definition) is 14. The van der Waals surface area contributed by atoms with E-state index >= 15 is 0 Å². The fourth-order valence-corrected chi connectivity index (χ4v) is 9.30. The molecular formula is C52H89N2O16P. The number of carbonyl (C=O) groups excluding carboxylic acids is 2. The Bertz CT molecular complexity index is 1540. The van der Waals surface area contributed by atoms with Crippen molar-refractivity contribution in [3.05, 3.63) is 35.9 Å². The number of benzene rings is 1. The highest BCUT2D eigenvalue weighted by Crippen LogP contribution is 2.56. The van der Waals surface area contributed by atoms with E-state index in [1.807, 2.05) is 0 Å². The Morgan fingerprint density at radius 2 is 0.915 bits per heavy atom. The molecule has 3 atom stereocenters. The molecule has 0 spiro atoms. The summed E-state index contributed by atoms with van der Waals surface area (Å²) in [5.74, 6) is -7.19. The van der Waals surface area contributed by atoms with Gasteiger partial charge in [-0.1, -0.05) is 198 Å². The first-order valence-electron chi connectivity index (χ1n) is 26.5. The van der Waals surface area contributed by atoms with E-state index in [1.165, 1.54) is 103 Å². The summed E-state index contributed by atoms with van der Waals surface area (Å²) < 4.78 is 28.5. The summed E-state index contributed by atoms with van der Waals surface area (Å²) in [5, 5.41) is 38.4. The van der Waals surface area contributed by atoms with Crippen LogP contribution in [0.5, 0.6) is 0 Å². The lowest BCUT2D eigenvalue weighted by Gasteiger charge is -2.35. The van der Waals surface area contributed by atoms with E-state index in [2.05, 4.69) is 13.8 Å². The van der Waals surface area contributed by atoms with Crippen molar-refractivity contribution in [2.75, 3.05) is 45.9 Å². The van der Waals surface area contributed by atoms with Gasteiger partial charge in [0.05, 0.1) is 26.2 Å². The Kier molecular flexibility index (Phi) is 39.2. The number of nitrogens with zero attached hydrogens (tertiary/aromatic N) is 2. The number of aliphatic carboxylic acids is 4. The van der Waals surface area contributed by atoms with Crippen LogP contribution in [0.1, 0.15) is 199 Å². The van der Waals surface area contributed by atoms with Crippen LogP contribution in [0.3, 0.4) is 0 Å². The number of phosphoric acid groups is 1. The molecule has 1 unspecified atom stereocenters. The largest absolute Gasteiger partial charge is 0.606 e. The summed E-state index contributed by atoms with van der Waals surface area (Å²) >= 11 is 0. The molecule has 1 aromatic rings. The zero-order valence-corrected chi connectivity index (χ0v) is 43.9. The zero-order valence-electron chi connectivity index (χ0n) is 43.0. The van der Waals surface area contributed by atoms with E-state index in [4.69, 9.17) is 23.0 Å². The third-order valence-corrected chi connectivity index (χ3v) is 13.2. The molecule has 0 aromatic heterocycles. The summed E-state index contributed by atoms with van der Waals surface area (Å²) in [6.45, 7) is -1.86. The molecule has 0 heterocycles. The van der Waals surface area contributed by atoms with Gasteiger partial charge >= 0.3 is 44.0 Å². The molecule has 1 rings (SSSR count). The van der Waals surface area contributed by atoms with E-state index < -0.39 is 109 Å². The summed E-state index contributed by atoms with van der Waals surface area (Å²) in [6.07, 6.45) is 26.2. The summed E-state index contributed by atoms with van der Waals surface area (Å²) in [7, 11) is -5.03. The van der Waals surface area contributed by atoms with Gasteiger partial charge in [0, 0.05) is 19.4 Å². The lowest BCUT2D eigenvalue weighted by molar-refractivity contribution is -0.263. The van der Waals surface area contributed by atoms with Gasteiger partial charge in [-0.05, 0) is 18.4 Å². The fraction of sp³-hybridized carbons (Fsp3) is 0.769. The van der Waals surface area contributed by atoms with Crippen LogP contribution >= 0.6 is 8.17 Å². The number of rotatable bonds is 50. The molecule has 71 heavy (non-hydrogen) atoms. The van der Waals surface area contributed by atoms with E-state index in [1.54, 1.807) is 30.3 Å². The third kappa shape index (κ3) is 38.5. The van der Waals surface area contributed by atoms with Crippen molar-refractivity contribution in [2.45, 2.75) is 213 Å². The lowest BCUT2D eigenvalue weighted by Crippen LogP contribution is -2.51. The Hall–Kier alpha value is -3.77. The van der Waals surface area contributed by atoms with Crippen LogP contribution in [0.25, 0.3) is 0 Å². The van der Waals surface area contributed by atoms with Gasteiger partial charge in [0.25, 0.3) is 0 Å². The van der Waals surface area contributed by atoms with Crippen molar-refractivity contribution in [1.82, 2.24) is 9.80 Å². The first-order chi connectivity index (χ1) is 34.2. The highest BCUT2D eigenvalue weighted by molar-refractivity contribution is 7.54. The number of ether oxygens (including phenoxy) is 2. The van der Waals surface area contributed by atoms with Crippen molar-refractivity contribution in [3.63, 3.8) is 0 Å². The minimum atomic E-state index is -5.03. The van der Waals surface area contributed by atoms with Crippen molar-refractivity contribution >= 4 is 44.0 Å². The maximum Gasteiger partial charge on any atom is 0.381 e. The number of phosphoric ester groups is 1. The van der Waals surface area contributed by atoms with Gasteiger partial charge in [-0.15, -0.1) is 0 Å². The molecule has 19 heteroatoms. The van der Waals surface area contributed by atoms with Crippen LogP contribution in [0.4, 0.5) is 0 Å². The second-order valence-corrected chi connectivity index (χ2v) is 20.1. The minimum absolute atomic E-state index is 0.0459. The lowest BCUT2D eigenvalue weighted by atomic mass is 10.0. The summed E-state index contributed by atoms with van der Waals surface area (Å²) in [5.41, 5.74) is 0.477. The first kappa shape index (κ1) is 65.2. The average molecular weight is 1030 g/mol. The predicted molar refractivity (Wildman–Crippen MR) is 269 cm³/mol. The molecule has 0 radical (unpaired) electrons. The van der Waals surface area contributed by atoms with Crippen molar-refractivity contribution < 1.29 is 77.1 Å². The number of hydrogen-bond donors (Lipinski definition) is 4. The molecule has 0 aliphatic rings. The highest BCUT2D eigenvalue weighted by atomic mass is 31.2. The average Bonchev–Trinajstić information content (AvgIpc) is 3.31. The quantitative estimate of drug-likeness (QED) is 0.0205. The number of carboxylic acid groups (broad SMARTS) is 4. The second kappa shape index (κ2) is 42.7. The van der Waals surface area contributed by atoms with Crippen molar-refractivity contribution in [3.8, 4) is 0 Å². The van der Waals surface area contributed by atoms with Crippen LogP contribution in [-0.2, 0) is 58.4 Å². The van der Waals surface area contributed by atoms with Gasteiger partial charge in [0.2, 0.25) is 0 Å². The molecule has 0 amide bonds. The molecular weight excluding hydrogens is 940 g/mol. The molecule has 0 saturated heterocycles. The smallest absolute Gasteiger partial charge is 0.381 e. The van der Waals surface area contributed by atoms with Gasteiger partial charge in [-0.25, -0.2) is 0 Å². The topological polar surface area (TPSA) is 259 Å². The Labute approximate surface area is 424 Å². The molecule has 0 aliphatic carbocycles. The van der Waals surface area contributed by atoms with Crippen LogP contribution in [-0.4, -0.2) is 124 Å². The molecule has 0 bridgehead atoms. The van der Waals surface area contributed by atoms with E-state index in [-0.39, 0.29) is 12.8 Å². The van der Waals surface area contributed by atoms with Gasteiger partial charge in [-0.2, -0.15) is 13.6 Å². The van der Waals surface area contributed by atoms with Gasteiger partial charge in [0.15, 0.2) is 12.3 Å². The van der Waals surface area contributed by atoms with Gasteiger partial charge in [-0.3, -0.25) is 38.6 Å². The Morgan fingerprint density at radius 3 is 1.32 bits per heavy atom. The number of unbranched alkanes of at least 4 members (excludes halogenated alkanes) is 24. The van der Waals surface area contributed by atoms with Crippen LogP contribution < -0.4 is 4.89 Å². The van der Waals surface area contributed by atoms with Crippen molar-refractivity contribution in [1.29, 1.82) is 0 Å². The number of carbonyl (C=O) groups is 6. The SMILES string of the molecule is CCCCCCCCCCCCCCCC(=O)OC[C@H](CO[P+]([O-])(OCc1ccccc1)O[C@@H](CN(CC(=O)O)CC(=O)O)N(CC(=O)O)CC(=O)O)OC(=O)CCCCCCCCCCCCCCC. The molecule has 18 nitrogen and oxygen atoms in total. The summed E-state index contributed by atoms with van der Waals surface area (Å²) in [4.78, 5) is 89.7. The van der Waals surface area contributed by atoms with E-state index in [9.17, 15) is 54.1 Å². The minimum Gasteiger partial charge on any atom is -0.606 e. The number of esters is 2. The highest BCUT2D eigenvalue weighted by Gasteiger charge is 2.42. The molecule has 1 aromatic carbocycles. The Morgan fingerprint density at radius 1 is 0.521 bits per heavy atom. The second-order valence-electron chi connectivity index (χ2n) is 18.5. The normalized spacial score (nSPS) is 13.2. The molecule has 0 aliphatic heterocycles. The van der Waals surface area contributed by atoms with Crippen molar-refractivity contribution in [2.24, 2.45) is 0 Å². The maximum atomic E-state index is 14.7. The Balaban J connectivity index is 3.14. The predicted octanol–water partition coefficient (Wildman–Crippen LogP) is 9.96. The van der Waals surface area contributed by atoms with E-state index in [0.29, 0.717) is 23.3 Å². The fourth-order valence-electron chi connectivity index (χ4n) is 7.95. The molecule has 408 valence electrons. The van der Waals surface area contributed by atoms with Crippen LogP contribution in [0.15, 0.2) is 30.3 Å². The molecule has 4 N–H and O–H groups in total. The van der Waals surface area contributed by atoms with E-state index in [0.717, 1.165) is 56.3 Å². The molecule has 0 saturated carbocycles. The van der Waals surface area contributed by atoms with Crippen LogP contribution in [0, 0.1) is 0 Å². The van der Waals surface area contributed by atoms with Gasteiger partial charge < -0.3 is 34.8 Å². The number of carboxylic acids is 4. The third-order valence-electron chi connectivity index (χ3n) is 11.8. The van der Waals surface area contributed by atoms with Crippen LogP contribution in [0.2, 0.25) is 0 Å². The molecule has 0 fully saturated rings. The standard InChI is InChI=1S/C52H89N2O16P/c1-3-5-7-9-11-13-15-17-19-21-23-25-30-34-51(63)66-42-45(69-52(64)35-31-26-24-22-20-18-16-14-12-10-8-6-4-2)43-68-71(65,67-41-44-32-28-27-29-33-44)70-46(54(39-49(59)60)40-50(61)62)36-53(37-47(55)56)38-48(57)58/h27-29,32-33,45-46H,3-26,30-31,34-43H2,1-2H3,(H,55,56)(H,57,58)(H,59,60)(H,61,62)/t45-,46+,71?/m1/s1. The zero-order chi connectivity index (χ0) is 52.4. The monoisotopic (exact) mass is 1030 g/mol. The van der Waals surface area contributed by atoms with Gasteiger partial charge in [0.1, 0.15) is 19.8 Å². The maximum absolute atomic E-state index is 14.7.